The Bertz CT molecular complexity index is 972. The standard InChI is InChI=1S/C21H31FN4O2S2/c1-15-10-19(30(27,28)24-20-13-29-14-23-20)17(22)11-18(15)25(5)16-6-8-26(12-16)9-7-21(2,3)4/h10-11,13-14,16,24H,6-9,12H2,1-5H3. The number of anilines is 2. The van der Waals surface area contributed by atoms with Crippen molar-refractivity contribution in [3.05, 3.63) is 34.4 Å². The summed E-state index contributed by atoms with van der Waals surface area (Å²) >= 11 is 1.27. The lowest BCUT2D eigenvalue weighted by Gasteiger charge is -2.29. The Hall–Kier alpha value is -1.71. The van der Waals surface area contributed by atoms with Crippen molar-refractivity contribution in [1.29, 1.82) is 0 Å². The molecule has 3 rings (SSSR count). The molecule has 2 heterocycles. The molecule has 0 bridgehead atoms. The number of halogens is 1. The Morgan fingerprint density at radius 1 is 1.37 bits per heavy atom. The van der Waals surface area contributed by atoms with Crippen LogP contribution in [0, 0.1) is 18.2 Å². The second-order valence-electron chi connectivity index (χ2n) is 9.21. The van der Waals surface area contributed by atoms with Crippen molar-refractivity contribution in [3.63, 3.8) is 0 Å². The van der Waals surface area contributed by atoms with E-state index < -0.39 is 15.8 Å². The van der Waals surface area contributed by atoms with Gasteiger partial charge in [-0.1, -0.05) is 20.8 Å². The van der Waals surface area contributed by atoms with Crippen molar-refractivity contribution in [2.75, 3.05) is 36.3 Å². The molecular weight excluding hydrogens is 423 g/mol. The quantitative estimate of drug-likeness (QED) is 0.674. The van der Waals surface area contributed by atoms with E-state index in [4.69, 9.17) is 0 Å². The first kappa shape index (κ1) is 23.0. The summed E-state index contributed by atoms with van der Waals surface area (Å²) < 4.78 is 42.4. The van der Waals surface area contributed by atoms with Gasteiger partial charge in [0.2, 0.25) is 0 Å². The molecule has 2 aromatic rings. The predicted molar refractivity (Wildman–Crippen MR) is 121 cm³/mol. The summed E-state index contributed by atoms with van der Waals surface area (Å²) in [5, 5.41) is 1.57. The molecule has 0 radical (unpaired) electrons. The van der Waals surface area contributed by atoms with Crippen molar-refractivity contribution < 1.29 is 12.8 Å². The topological polar surface area (TPSA) is 65.5 Å². The Labute approximate surface area is 183 Å². The van der Waals surface area contributed by atoms with Crippen LogP contribution >= 0.6 is 11.3 Å². The SMILES string of the molecule is Cc1cc(S(=O)(=O)Nc2cscn2)c(F)cc1N(C)C1CCN(CCC(C)(C)C)C1. The third-order valence-electron chi connectivity index (χ3n) is 5.56. The van der Waals surface area contributed by atoms with Crippen LogP contribution in [0.2, 0.25) is 0 Å². The van der Waals surface area contributed by atoms with Crippen LogP contribution in [-0.4, -0.2) is 51.0 Å². The van der Waals surface area contributed by atoms with Crippen LogP contribution < -0.4 is 9.62 Å². The van der Waals surface area contributed by atoms with Crippen molar-refractivity contribution in [3.8, 4) is 0 Å². The molecule has 166 valence electrons. The molecule has 1 aromatic heterocycles. The lowest BCUT2D eigenvalue weighted by Crippen LogP contribution is -2.35. The molecule has 1 N–H and O–H groups in total. The average molecular weight is 455 g/mol. The number of hydrogen-bond acceptors (Lipinski definition) is 6. The molecule has 1 saturated heterocycles. The van der Waals surface area contributed by atoms with Gasteiger partial charge in [0.25, 0.3) is 10.0 Å². The number of thiazole rings is 1. The number of nitrogens with one attached hydrogen (secondary N) is 1. The summed E-state index contributed by atoms with van der Waals surface area (Å²) in [4.78, 5) is 8.09. The van der Waals surface area contributed by atoms with E-state index >= 15 is 0 Å². The van der Waals surface area contributed by atoms with E-state index in [-0.39, 0.29) is 16.8 Å². The summed E-state index contributed by atoms with van der Waals surface area (Å²) in [6.07, 6.45) is 2.14. The minimum atomic E-state index is -4.04. The highest BCUT2D eigenvalue weighted by atomic mass is 32.2. The lowest BCUT2D eigenvalue weighted by atomic mass is 9.92. The Morgan fingerprint density at radius 2 is 2.10 bits per heavy atom. The van der Waals surface area contributed by atoms with Crippen LogP contribution in [0.3, 0.4) is 0 Å². The maximum atomic E-state index is 14.9. The monoisotopic (exact) mass is 454 g/mol. The van der Waals surface area contributed by atoms with Crippen molar-refractivity contribution in [2.45, 2.75) is 51.5 Å². The number of nitrogens with zero attached hydrogens (tertiary/aromatic N) is 3. The molecule has 0 spiro atoms. The molecule has 0 aliphatic carbocycles. The fourth-order valence-electron chi connectivity index (χ4n) is 3.71. The van der Waals surface area contributed by atoms with Gasteiger partial charge < -0.3 is 9.80 Å². The van der Waals surface area contributed by atoms with Crippen LogP contribution in [0.5, 0.6) is 0 Å². The first-order valence-corrected chi connectivity index (χ1v) is 12.6. The Balaban J connectivity index is 1.73. The molecule has 1 fully saturated rings. The lowest BCUT2D eigenvalue weighted by molar-refractivity contribution is 0.263. The normalized spacial score (nSPS) is 18.0. The van der Waals surface area contributed by atoms with Crippen LogP contribution in [0.25, 0.3) is 0 Å². The highest BCUT2D eigenvalue weighted by molar-refractivity contribution is 7.92. The van der Waals surface area contributed by atoms with E-state index in [1.54, 1.807) is 5.38 Å². The van der Waals surface area contributed by atoms with Crippen LogP contribution in [-0.2, 0) is 10.0 Å². The van der Waals surface area contributed by atoms with E-state index in [1.165, 1.54) is 29.0 Å². The summed E-state index contributed by atoms with van der Waals surface area (Å²) in [5.74, 6) is -0.563. The second kappa shape index (κ2) is 8.80. The van der Waals surface area contributed by atoms with Crippen LogP contribution in [0.1, 0.15) is 39.2 Å². The fourth-order valence-corrected chi connectivity index (χ4v) is 5.41. The number of benzene rings is 1. The van der Waals surface area contributed by atoms with Gasteiger partial charge in [0.15, 0.2) is 5.82 Å². The van der Waals surface area contributed by atoms with Gasteiger partial charge in [-0.05, 0) is 49.4 Å². The molecule has 30 heavy (non-hydrogen) atoms. The maximum Gasteiger partial charge on any atom is 0.266 e. The Kier molecular flexibility index (Phi) is 6.74. The highest BCUT2D eigenvalue weighted by Crippen LogP contribution is 2.30. The first-order valence-electron chi connectivity index (χ1n) is 10.1. The summed E-state index contributed by atoms with van der Waals surface area (Å²) in [5.41, 5.74) is 3.27. The predicted octanol–water partition coefficient (Wildman–Crippen LogP) is 4.34. The molecule has 0 amide bonds. The zero-order valence-electron chi connectivity index (χ0n) is 18.3. The summed E-state index contributed by atoms with van der Waals surface area (Å²) in [6.45, 7) is 11.6. The number of aromatic nitrogens is 1. The van der Waals surface area contributed by atoms with Gasteiger partial charge in [-0.15, -0.1) is 11.3 Å². The number of sulfonamides is 1. The molecular formula is C21H31FN4O2S2. The molecule has 6 nitrogen and oxygen atoms in total. The van der Waals surface area contributed by atoms with Gasteiger partial charge in [0, 0.05) is 37.2 Å². The number of likely N-dealkylation sites (tertiary alicyclic amines) is 1. The fraction of sp³-hybridized carbons (Fsp3) is 0.571. The second-order valence-corrected chi connectivity index (χ2v) is 11.6. The largest absolute Gasteiger partial charge is 0.370 e. The molecule has 1 unspecified atom stereocenters. The third kappa shape index (κ3) is 5.50. The average Bonchev–Trinajstić information content (AvgIpc) is 3.31. The van der Waals surface area contributed by atoms with E-state index in [1.807, 2.05) is 14.0 Å². The third-order valence-corrected chi connectivity index (χ3v) is 7.52. The zero-order valence-corrected chi connectivity index (χ0v) is 19.9. The molecule has 1 aliphatic heterocycles. The van der Waals surface area contributed by atoms with Crippen molar-refractivity contribution in [2.24, 2.45) is 5.41 Å². The van der Waals surface area contributed by atoms with Crippen molar-refractivity contribution in [1.82, 2.24) is 9.88 Å². The van der Waals surface area contributed by atoms with Crippen molar-refractivity contribution >= 4 is 32.9 Å². The molecule has 1 aliphatic rings. The molecule has 1 atom stereocenters. The minimum absolute atomic E-state index is 0.194. The van der Waals surface area contributed by atoms with Gasteiger partial charge in [-0.25, -0.2) is 17.8 Å². The van der Waals surface area contributed by atoms with Gasteiger partial charge in [0.05, 0.1) is 5.51 Å². The number of aryl methyl sites for hydroxylation is 1. The van der Waals surface area contributed by atoms with Crippen LogP contribution in [0.4, 0.5) is 15.9 Å². The van der Waals surface area contributed by atoms with E-state index in [9.17, 15) is 12.8 Å². The van der Waals surface area contributed by atoms with E-state index in [0.29, 0.717) is 5.41 Å². The first-order chi connectivity index (χ1) is 14.0. The number of rotatable bonds is 7. The molecule has 1 aromatic carbocycles. The van der Waals surface area contributed by atoms with E-state index in [0.717, 1.165) is 43.7 Å². The van der Waals surface area contributed by atoms with Gasteiger partial charge in [-0.3, -0.25) is 4.72 Å². The highest BCUT2D eigenvalue weighted by Gasteiger charge is 2.29. The van der Waals surface area contributed by atoms with Gasteiger partial charge in [-0.2, -0.15) is 0 Å². The zero-order chi connectivity index (χ0) is 22.1. The van der Waals surface area contributed by atoms with Crippen LogP contribution in [0.15, 0.2) is 27.9 Å². The Morgan fingerprint density at radius 3 is 2.73 bits per heavy atom. The maximum absolute atomic E-state index is 14.9. The number of hydrogen-bond donors (Lipinski definition) is 1. The molecule has 9 heteroatoms. The summed E-state index contributed by atoms with van der Waals surface area (Å²) in [7, 11) is -2.08. The van der Waals surface area contributed by atoms with E-state index in [2.05, 4.69) is 40.3 Å². The van der Waals surface area contributed by atoms with Gasteiger partial charge in [0.1, 0.15) is 10.7 Å². The number of likely N-dealkylation sites (N-methyl/N-ethyl adjacent to an activating group) is 1. The minimum Gasteiger partial charge on any atom is -0.370 e. The summed E-state index contributed by atoms with van der Waals surface area (Å²) in [6, 6.07) is 3.02. The smallest absolute Gasteiger partial charge is 0.266 e. The molecule has 0 saturated carbocycles. The van der Waals surface area contributed by atoms with Gasteiger partial charge >= 0.3 is 0 Å².